The van der Waals surface area contributed by atoms with Gasteiger partial charge in [-0.05, 0) is 31.2 Å². The van der Waals surface area contributed by atoms with E-state index in [2.05, 4.69) is 10.6 Å². The van der Waals surface area contributed by atoms with E-state index in [4.69, 9.17) is 0 Å². The Morgan fingerprint density at radius 1 is 1.19 bits per heavy atom. The number of amides is 2. The minimum atomic E-state index is -1.61. The van der Waals surface area contributed by atoms with Crippen LogP contribution in [-0.4, -0.2) is 24.4 Å². The lowest BCUT2D eigenvalue weighted by Crippen LogP contribution is -2.42. The zero-order valence-corrected chi connectivity index (χ0v) is 13.9. The van der Waals surface area contributed by atoms with Crippen LogP contribution in [0.2, 0.25) is 0 Å². The van der Waals surface area contributed by atoms with Crippen LogP contribution in [0.4, 0.5) is 30.2 Å². The molecule has 1 aliphatic heterocycles. The lowest BCUT2D eigenvalue weighted by molar-refractivity contribution is -0.118. The number of halogens is 3. The van der Waals surface area contributed by atoms with E-state index in [9.17, 15) is 22.8 Å². The largest absolute Gasteiger partial charge is 0.374 e. The Bertz CT molecular complexity index is 873. The molecule has 0 aromatic heterocycles. The Kier molecular flexibility index (Phi) is 4.83. The van der Waals surface area contributed by atoms with Gasteiger partial charge in [0.25, 0.3) is 0 Å². The van der Waals surface area contributed by atoms with Crippen molar-refractivity contribution in [2.24, 2.45) is 0 Å². The highest BCUT2D eigenvalue weighted by Crippen LogP contribution is 2.31. The van der Waals surface area contributed by atoms with Gasteiger partial charge in [-0.3, -0.25) is 9.59 Å². The van der Waals surface area contributed by atoms with Crippen molar-refractivity contribution in [3.63, 3.8) is 0 Å². The van der Waals surface area contributed by atoms with Gasteiger partial charge in [0, 0.05) is 12.5 Å². The van der Waals surface area contributed by atoms with Crippen molar-refractivity contribution in [2.75, 3.05) is 22.1 Å². The van der Waals surface area contributed by atoms with E-state index >= 15 is 0 Å². The predicted octanol–water partition coefficient (Wildman–Crippen LogP) is 3.28. The zero-order valence-electron chi connectivity index (χ0n) is 13.9. The van der Waals surface area contributed by atoms with E-state index in [-0.39, 0.29) is 24.6 Å². The molecule has 0 fully saturated rings. The topological polar surface area (TPSA) is 61.4 Å². The number of benzene rings is 2. The smallest absolute Gasteiger partial charge is 0.246 e. The summed E-state index contributed by atoms with van der Waals surface area (Å²) in [4.78, 5) is 26.1. The summed E-state index contributed by atoms with van der Waals surface area (Å²) in [5.74, 6) is -4.96. The molecule has 0 spiro atoms. The molecule has 3 rings (SSSR count). The molecule has 2 aromatic rings. The van der Waals surface area contributed by atoms with Crippen LogP contribution in [0.1, 0.15) is 13.3 Å². The molecular weight excluding hydrogens is 347 g/mol. The third-order valence-electron chi connectivity index (χ3n) is 4.09. The van der Waals surface area contributed by atoms with Gasteiger partial charge in [0.2, 0.25) is 11.8 Å². The molecule has 0 bridgehead atoms. The minimum Gasteiger partial charge on any atom is -0.374 e. The quantitative estimate of drug-likeness (QED) is 0.823. The molecule has 8 heteroatoms. The first kappa shape index (κ1) is 17.8. The molecule has 1 atom stereocenters. The average Bonchev–Trinajstić information content (AvgIpc) is 2.73. The molecule has 1 heterocycles. The Balaban J connectivity index is 1.83. The normalized spacial score (nSPS) is 16.5. The van der Waals surface area contributed by atoms with Crippen LogP contribution in [0.3, 0.4) is 0 Å². The monoisotopic (exact) mass is 363 g/mol. The first-order chi connectivity index (χ1) is 12.4. The van der Waals surface area contributed by atoms with Gasteiger partial charge >= 0.3 is 0 Å². The third-order valence-corrected chi connectivity index (χ3v) is 4.09. The third kappa shape index (κ3) is 3.35. The zero-order chi connectivity index (χ0) is 18.8. The van der Waals surface area contributed by atoms with Crippen LogP contribution in [0.5, 0.6) is 0 Å². The van der Waals surface area contributed by atoms with Crippen LogP contribution in [0, 0.1) is 17.5 Å². The molecule has 0 saturated carbocycles. The molecule has 2 N–H and O–H groups in total. The summed E-state index contributed by atoms with van der Waals surface area (Å²) < 4.78 is 40.0. The number of carbonyl (C=O) groups excluding carboxylic acids is 2. The van der Waals surface area contributed by atoms with Crippen molar-refractivity contribution in [3.05, 3.63) is 53.8 Å². The van der Waals surface area contributed by atoms with Gasteiger partial charge in [-0.25, -0.2) is 13.2 Å². The number of hydrogen-bond donors (Lipinski definition) is 2. The van der Waals surface area contributed by atoms with Crippen molar-refractivity contribution >= 4 is 28.9 Å². The van der Waals surface area contributed by atoms with Crippen LogP contribution < -0.4 is 15.5 Å². The number of para-hydroxylation sites is 2. The summed E-state index contributed by atoms with van der Waals surface area (Å²) in [6.45, 7) is 1.37. The van der Waals surface area contributed by atoms with Gasteiger partial charge in [-0.15, -0.1) is 0 Å². The first-order valence-corrected chi connectivity index (χ1v) is 7.96. The second kappa shape index (κ2) is 7.07. The maximum atomic E-state index is 13.7. The van der Waals surface area contributed by atoms with E-state index in [0.29, 0.717) is 11.4 Å². The molecule has 0 unspecified atom stereocenters. The first-order valence-electron chi connectivity index (χ1n) is 7.96. The second-order valence-electron chi connectivity index (χ2n) is 5.96. The molecule has 2 amide bonds. The summed E-state index contributed by atoms with van der Waals surface area (Å²) in [7, 11) is 0. The number of rotatable bonds is 3. The van der Waals surface area contributed by atoms with E-state index in [1.54, 1.807) is 31.2 Å². The Labute approximate surface area is 147 Å². The summed E-state index contributed by atoms with van der Waals surface area (Å²) in [5, 5.41) is 5.21. The second-order valence-corrected chi connectivity index (χ2v) is 5.96. The standard InChI is InChI=1S/C18H16F3N3O2/c1-10-8-15(25)23-12-4-2-3-5-14(12)24(10)16(26)9-22-13-7-6-11(19)17(20)18(13)21/h2-7,10,22H,8-9H2,1H3,(H,23,25)/t10-/m1/s1. The number of fused-ring (bicyclic) bond motifs is 1. The molecule has 5 nitrogen and oxygen atoms in total. The molecule has 136 valence electrons. The van der Waals surface area contributed by atoms with Crippen molar-refractivity contribution in [2.45, 2.75) is 19.4 Å². The number of carbonyl (C=O) groups is 2. The molecular formula is C18H16F3N3O2. The molecule has 26 heavy (non-hydrogen) atoms. The van der Waals surface area contributed by atoms with Gasteiger partial charge < -0.3 is 15.5 Å². The van der Waals surface area contributed by atoms with Crippen LogP contribution in [-0.2, 0) is 9.59 Å². The van der Waals surface area contributed by atoms with Crippen molar-refractivity contribution in [1.29, 1.82) is 0 Å². The summed E-state index contributed by atoms with van der Waals surface area (Å²) in [6.07, 6.45) is 0.0972. The number of anilines is 3. The molecule has 2 aromatic carbocycles. The Hall–Kier alpha value is -3.03. The van der Waals surface area contributed by atoms with Gasteiger partial charge in [0.1, 0.15) is 0 Å². The number of nitrogens with zero attached hydrogens (tertiary/aromatic N) is 1. The van der Waals surface area contributed by atoms with Crippen molar-refractivity contribution in [1.82, 2.24) is 0 Å². The highest BCUT2D eigenvalue weighted by atomic mass is 19.2. The van der Waals surface area contributed by atoms with E-state index in [1.165, 1.54) is 4.90 Å². The minimum absolute atomic E-state index is 0.0972. The van der Waals surface area contributed by atoms with Crippen molar-refractivity contribution < 1.29 is 22.8 Å². The van der Waals surface area contributed by atoms with E-state index in [0.717, 1.165) is 12.1 Å². The highest BCUT2D eigenvalue weighted by Gasteiger charge is 2.29. The van der Waals surface area contributed by atoms with Crippen LogP contribution >= 0.6 is 0 Å². The van der Waals surface area contributed by atoms with E-state index < -0.39 is 29.4 Å². The fourth-order valence-corrected chi connectivity index (χ4v) is 2.89. The molecule has 0 aliphatic carbocycles. The molecule has 0 saturated heterocycles. The van der Waals surface area contributed by atoms with Gasteiger partial charge in [0.15, 0.2) is 17.5 Å². The summed E-state index contributed by atoms with van der Waals surface area (Å²) in [5.41, 5.74) is 0.694. The Morgan fingerprint density at radius 2 is 1.92 bits per heavy atom. The number of nitrogens with one attached hydrogen (secondary N) is 2. The predicted molar refractivity (Wildman–Crippen MR) is 91.4 cm³/mol. The fourth-order valence-electron chi connectivity index (χ4n) is 2.89. The number of hydrogen-bond acceptors (Lipinski definition) is 3. The highest BCUT2D eigenvalue weighted by molar-refractivity contribution is 6.05. The van der Waals surface area contributed by atoms with Crippen LogP contribution in [0.25, 0.3) is 0 Å². The van der Waals surface area contributed by atoms with Crippen LogP contribution in [0.15, 0.2) is 36.4 Å². The van der Waals surface area contributed by atoms with Gasteiger partial charge in [-0.2, -0.15) is 0 Å². The maximum absolute atomic E-state index is 13.7. The lowest BCUT2D eigenvalue weighted by atomic mass is 10.1. The molecule has 0 radical (unpaired) electrons. The van der Waals surface area contributed by atoms with Gasteiger partial charge in [-0.1, -0.05) is 12.1 Å². The maximum Gasteiger partial charge on any atom is 0.246 e. The summed E-state index contributed by atoms with van der Waals surface area (Å²) in [6, 6.07) is 8.19. The summed E-state index contributed by atoms with van der Waals surface area (Å²) >= 11 is 0. The molecule has 1 aliphatic rings. The van der Waals surface area contributed by atoms with Crippen molar-refractivity contribution in [3.8, 4) is 0 Å². The van der Waals surface area contributed by atoms with Gasteiger partial charge in [0.05, 0.1) is 23.6 Å². The Morgan fingerprint density at radius 3 is 2.69 bits per heavy atom. The average molecular weight is 363 g/mol. The lowest BCUT2D eigenvalue weighted by Gasteiger charge is -2.28. The fraction of sp³-hybridized carbons (Fsp3) is 0.222. The SMILES string of the molecule is C[C@@H]1CC(=O)Nc2ccccc2N1C(=O)CNc1ccc(F)c(F)c1F. The van der Waals surface area contributed by atoms with E-state index in [1.807, 2.05) is 0 Å².